The Morgan fingerprint density at radius 3 is 2.82 bits per heavy atom. The van der Waals surface area contributed by atoms with Crippen molar-refractivity contribution in [2.24, 2.45) is 0 Å². The van der Waals surface area contributed by atoms with Gasteiger partial charge in [0.15, 0.2) is 0 Å². The number of terminal acetylenes is 1. The lowest BCUT2D eigenvalue weighted by Crippen LogP contribution is -2.00. The Kier molecular flexibility index (Phi) is 3.48. The van der Waals surface area contributed by atoms with Crippen LogP contribution in [0.15, 0.2) is 36.4 Å². The van der Waals surface area contributed by atoms with Crippen LogP contribution in [0.2, 0.25) is 0 Å². The van der Waals surface area contributed by atoms with Crippen LogP contribution in [0.3, 0.4) is 0 Å². The molecular weight excluding hydrogens is 274 g/mol. The molecule has 22 heavy (non-hydrogen) atoms. The molecule has 0 aliphatic rings. The summed E-state index contributed by atoms with van der Waals surface area (Å²) in [5.41, 5.74) is 10.5. The number of ether oxygens (including phenoxy) is 1. The lowest BCUT2D eigenvalue weighted by molar-refractivity contribution is 0.417. The van der Waals surface area contributed by atoms with Gasteiger partial charge in [0.25, 0.3) is 0 Å². The number of methoxy groups -OCH3 is 1. The number of imidazole rings is 1. The SMILES string of the molecule is C#CCn1c(-c2ccc(N)c(OC)c2)nc2cc(C)ccc21. The molecule has 1 heterocycles. The number of benzene rings is 2. The van der Waals surface area contributed by atoms with Gasteiger partial charge in [-0.15, -0.1) is 6.42 Å². The number of aryl methyl sites for hydroxylation is 1. The normalized spacial score (nSPS) is 10.6. The maximum atomic E-state index is 5.89. The van der Waals surface area contributed by atoms with E-state index in [0.29, 0.717) is 18.0 Å². The van der Waals surface area contributed by atoms with Gasteiger partial charge in [0, 0.05) is 5.56 Å². The molecule has 0 aliphatic heterocycles. The summed E-state index contributed by atoms with van der Waals surface area (Å²) in [6.45, 7) is 2.51. The van der Waals surface area contributed by atoms with Crippen molar-refractivity contribution >= 4 is 16.7 Å². The second kappa shape index (κ2) is 5.45. The molecule has 3 aromatic rings. The molecule has 1 aromatic heterocycles. The van der Waals surface area contributed by atoms with Gasteiger partial charge in [-0.25, -0.2) is 4.98 Å². The number of aromatic nitrogens is 2. The number of anilines is 1. The molecule has 2 aromatic carbocycles. The van der Waals surface area contributed by atoms with Crippen molar-refractivity contribution in [3.8, 4) is 29.5 Å². The third kappa shape index (κ3) is 2.27. The minimum atomic E-state index is 0.460. The number of nitrogen functional groups attached to an aromatic ring is 1. The van der Waals surface area contributed by atoms with E-state index in [4.69, 9.17) is 21.9 Å². The van der Waals surface area contributed by atoms with Gasteiger partial charge < -0.3 is 15.0 Å². The van der Waals surface area contributed by atoms with E-state index >= 15 is 0 Å². The summed E-state index contributed by atoms with van der Waals surface area (Å²) in [4.78, 5) is 4.74. The van der Waals surface area contributed by atoms with Gasteiger partial charge in [0.05, 0.1) is 30.4 Å². The monoisotopic (exact) mass is 291 g/mol. The molecule has 0 aliphatic carbocycles. The molecule has 0 spiro atoms. The molecule has 4 nitrogen and oxygen atoms in total. The smallest absolute Gasteiger partial charge is 0.142 e. The van der Waals surface area contributed by atoms with E-state index < -0.39 is 0 Å². The highest BCUT2D eigenvalue weighted by Gasteiger charge is 2.13. The first-order valence-electron chi connectivity index (χ1n) is 6.98. The minimum Gasteiger partial charge on any atom is -0.495 e. The Bertz CT molecular complexity index is 887. The predicted molar refractivity (Wildman–Crippen MR) is 89.7 cm³/mol. The summed E-state index contributed by atoms with van der Waals surface area (Å²) in [6.07, 6.45) is 5.52. The van der Waals surface area contributed by atoms with Crippen LogP contribution < -0.4 is 10.5 Å². The minimum absolute atomic E-state index is 0.460. The summed E-state index contributed by atoms with van der Waals surface area (Å²) in [6, 6.07) is 11.8. The van der Waals surface area contributed by atoms with Crippen molar-refractivity contribution in [3.63, 3.8) is 0 Å². The van der Waals surface area contributed by atoms with Crippen LogP contribution in [0.5, 0.6) is 5.75 Å². The molecule has 0 atom stereocenters. The van der Waals surface area contributed by atoms with Gasteiger partial charge in [-0.1, -0.05) is 12.0 Å². The highest BCUT2D eigenvalue weighted by atomic mass is 16.5. The molecular formula is C18H17N3O. The van der Waals surface area contributed by atoms with Crippen LogP contribution in [-0.4, -0.2) is 16.7 Å². The zero-order chi connectivity index (χ0) is 15.7. The van der Waals surface area contributed by atoms with Crippen molar-refractivity contribution in [2.45, 2.75) is 13.5 Å². The Labute approximate surface area is 129 Å². The third-order valence-corrected chi connectivity index (χ3v) is 3.64. The summed E-state index contributed by atoms with van der Waals surface area (Å²) >= 11 is 0. The lowest BCUT2D eigenvalue weighted by atomic mass is 10.1. The third-order valence-electron chi connectivity index (χ3n) is 3.64. The first kappa shape index (κ1) is 14.0. The highest BCUT2D eigenvalue weighted by Crippen LogP contribution is 2.30. The van der Waals surface area contributed by atoms with Gasteiger partial charge in [-0.3, -0.25) is 0 Å². The van der Waals surface area contributed by atoms with Crippen LogP contribution >= 0.6 is 0 Å². The summed E-state index contributed by atoms with van der Waals surface area (Å²) in [5.74, 6) is 4.14. The van der Waals surface area contributed by atoms with Crippen molar-refractivity contribution in [1.29, 1.82) is 0 Å². The summed E-state index contributed by atoms with van der Waals surface area (Å²) in [5, 5.41) is 0. The van der Waals surface area contributed by atoms with Gasteiger partial charge >= 0.3 is 0 Å². The predicted octanol–water partition coefficient (Wildman–Crippen LogP) is 3.24. The molecule has 0 saturated carbocycles. The number of nitrogens with two attached hydrogens (primary N) is 1. The van der Waals surface area contributed by atoms with Crippen molar-refractivity contribution < 1.29 is 4.74 Å². The molecule has 0 bridgehead atoms. The zero-order valence-corrected chi connectivity index (χ0v) is 12.6. The Morgan fingerprint density at radius 2 is 2.09 bits per heavy atom. The standard InChI is InChI=1S/C18H17N3O/c1-4-9-21-16-8-5-12(2)10-15(16)20-18(21)13-6-7-14(19)17(11-13)22-3/h1,5-8,10-11H,9,19H2,2-3H3. The average Bonchev–Trinajstić information content (AvgIpc) is 2.86. The largest absolute Gasteiger partial charge is 0.495 e. The Hall–Kier alpha value is -2.93. The summed E-state index contributed by atoms with van der Waals surface area (Å²) in [7, 11) is 1.60. The fourth-order valence-corrected chi connectivity index (χ4v) is 2.56. The number of fused-ring (bicyclic) bond motifs is 1. The number of nitrogens with zero attached hydrogens (tertiary/aromatic N) is 2. The fraction of sp³-hybridized carbons (Fsp3) is 0.167. The molecule has 0 saturated heterocycles. The van der Waals surface area contributed by atoms with E-state index in [1.807, 2.05) is 35.8 Å². The fourth-order valence-electron chi connectivity index (χ4n) is 2.56. The second-order valence-corrected chi connectivity index (χ2v) is 5.17. The molecule has 4 heteroatoms. The number of rotatable bonds is 3. The van der Waals surface area contributed by atoms with E-state index in [-0.39, 0.29) is 0 Å². The van der Waals surface area contributed by atoms with Gasteiger partial charge in [-0.05, 0) is 42.8 Å². The van der Waals surface area contributed by atoms with E-state index in [9.17, 15) is 0 Å². The molecule has 0 fully saturated rings. The number of hydrogen-bond donors (Lipinski definition) is 1. The van der Waals surface area contributed by atoms with Crippen molar-refractivity contribution in [1.82, 2.24) is 9.55 Å². The van der Waals surface area contributed by atoms with Gasteiger partial charge in [0.1, 0.15) is 11.6 Å². The quantitative estimate of drug-likeness (QED) is 0.595. The van der Waals surface area contributed by atoms with Crippen molar-refractivity contribution in [2.75, 3.05) is 12.8 Å². The molecule has 0 amide bonds. The van der Waals surface area contributed by atoms with E-state index in [1.54, 1.807) is 7.11 Å². The van der Waals surface area contributed by atoms with Crippen LogP contribution in [0.1, 0.15) is 5.56 Å². The maximum Gasteiger partial charge on any atom is 0.142 e. The molecule has 110 valence electrons. The Balaban J connectivity index is 2.25. The van der Waals surface area contributed by atoms with E-state index in [1.165, 1.54) is 5.56 Å². The highest BCUT2D eigenvalue weighted by molar-refractivity contribution is 5.82. The van der Waals surface area contributed by atoms with Crippen LogP contribution in [-0.2, 0) is 6.54 Å². The molecule has 2 N–H and O–H groups in total. The Morgan fingerprint density at radius 1 is 1.27 bits per heavy atom. The summed E-state index contributed by atoms with van der Waals surface area (Å²) < 4.78 is 7.33. The lowest BCUT2D eigenvalue weighted by Gasteiger charge is -2.09. The zero-order valence-electron chi connectivity index (χ0n) is 12.6. The molecule has 0 radical (unpaired) electrons. The van der Waals surface area contributed by atoms with E-state index in [0.717, 1.165) is 22.4 Å². The second-order valence-electron chi connectivity index (χ2n) is 5.17. The first-order chi connectivity index (χ1) is 10.6. The maximum absolute atomic E-state index is 5.89. The van der Waals surface area contributed by atoms with Gasteiger partial charge in [-0.2, -0.15) is 0 Å². The topological polar surface area (TPSA) is 53.1 Å². The number of hydrogen-bond acceptors (Lipinski definition) is 3. The average molecular weight is 291 g/mol. The molecule has 3 rings (SSSR count). The van der Waals surface area contributed by atoms with Gasteiger partial charge in [0.2, 0.25) is 0 Å². The van der Waals surface area contributed by atoms with Crippen LogP contribution in [0.25, 0.3) is 22.4 Å². The first-order valence-corrected chi connectivity index (χ1v) is 6.98. The van der Waals surface area contributed by atoms with E-state index in [2.05, 4.69) is 18.1 Å². The molecule has 0 unspecified atom stereocenters. The van der Waals surface area contributed by atoms with Crippen LogP contribution in [0, 0.1) is 19.3 Å². The van der Waals surface area contributed by atoms with Crippen molar-refractivity contribution in [3.05, 3.63) is 42.0 Å². The van der Waals surface area contributed by atoms with Crippen LogP contribution in [0.4, 0.5) is 5.69 Å².